The van der Waals surface area contributed by atoms with Gasteiger partial charge in [-0.15, -0.1) is 0 Å². The van der Waals surface area contributed by atoms with E-state index in [4.69, 9.17) is 4.74 Å². The Labute approximate surface area is 173 Å². The standard InChI is InChI=1S/C24H22F3NO2/c1-24(2,3)28-23(29)17-8-13-21(20(27)14-17)30-22(15-4-9-18(25)10-5-15)16-6-11-19(26)12-7-16/h4-14,22H,1-3H3,(H,28,29). The molecule has 0 atom stereocenters. The fraction of sp³-hybridized carbons (Fsp3) is 0.208. The van der Waals surface area contributed by atoms with Crippen LogP contribution in [0.1, 0.15) is 48.4 Å². The second-order valence-corrected chi connectivity index (χ2v) is 7.95. The van der Waals surface area contributed by atoms with Gasteiger partial charge < -0.3 is 10.1 Å². The number of hydrogen-bond donors (Lipinski definition) is 1. The van der Waals surface area contributed by atoms with Crippen LogP contribution < -0.4 is 10.1 Å². The van der Waals surface area contributed by atoms with Gasteiger partial charge >= 0.3 is 0 Å². The molecule has 0 heterocycles. The lowest BCUT2D eigenvalue weighted by Crippen LogP contribution is -2.40. The summed E-state index contributed by atoms with van der Waals surface area (Å²) in [6, 6.07) is 15.1. The molecule has 1 amide bonds. The first-order chi connectivity index (χ1) is 14.1. The van der Waals surface area contributed by atoms with Gasteiger partial charge in [-0.3, -0.25) is 4.79 Å². The highest BCUT2D eigenvalue weighted by molar-refractivity contribution is 5.94. The van der Waals surface area contributed by atoms with Crippen molar-refractivity contribution in [1.82, 2.24) is 5.32 Å². The smallest absolute Gasteiger partial charge is 0.251 e. The van der Waals surface area contributed by atoms with E-state index in [2.05, 4.69) is 5.32 Å². The average Bonchev–Trinajstić information content (AvgIpc) is 2.67. The van der Waals surface area contributed by atoms with Crippen LogP contribution in [0.2, 0.25) is 0 Å². The molecule has 0 unspecified atom stereocenters. The molecule has 3 rings (SSSR count). The largest absolute Gasteiger partial charge is 0.478 e. The van der Waals surface area contributed by atoms with Crippen LogP contribution in [-0.4, -0.2) is 11.4 Å². The van der Waals surface area contributed by atoms with Crippen LogP contribution in [0.25, 0.3) is 0 Å². The molecule has 0 saturated carbocycles. The maximum absolute atomic E-state index is 14.7. The first-order valence-electron chi connectivity index (χ1n) is 9.42. The molecule has 0 aliphatic carbocycles. The Balaban J connectivity index is 1.91. The molecule has 0 spiro atoms. The van der Waals surface area contributed by atoms with Crippen molar-refractivity contribution >= 4 is 5.91 Å². The molecule has 0 fully saturated rings. The molecule has 0 bridgehead atoms. The predicted molar refractivity (Wildman–Crippen MR) is 109 cm³/mol. The number of carbonyl (C=O) groups excluding carboxylic acids is 1. The Bertz CT molecular complexity index is 980. The van der Waals surface area contributed by atoms with Gasteiger partial charge in [0.05, 0.1) is 0 Å². The molecule has 3 aromatic rings. The summed E-state index contributed by atoms with van der Waals surface area (Å²) < 4.78 is 47.3. The van der Waals surface area contributed by atoms with Crippen LogP contribution in [0.3, 0.4) is 0 Å². The van der Waals surface area contributed by atoms with E-state index in [1.165, 1.54) is 60.7 Å². The summed E-state index contributed by atoms with van der Waals surface area (Å²) in [4.78, 5) is 12.3. The third kappa shape index (κ3) is 5.41. The second kappa shape index (κ2) is 8.61. The molecule has 0 saturated heterocycles. The van der Waals surface area contributed by atoms with Gasteiger partial charge in [-0.2, -0.15) is 0 Å². The number of ether oxygens (including phenoxy) is 1. The number of benzene rings is 3. The van der Waals surface area contributed by atoms with Crippen LogP contribution in [0, 0.1) is 17.5 Å². The van der Waals surface area contributed by atoms with Gasteiger partial charge in [0.25, 0.3) is 5.91 Å². The molecule has 0 aliphatic rings. The van der Waals surface area contributed by atoms with E-state index in [1.807, 2.05) is 20.8 Å². The van der Waals surface area contributed by atoms with Gasteiger partial charge in [-0.05, 0) is 74.4 Å². The Kier molecular flexibility index (Phi) is 6.15. The molecular weight excluding hydrogens is 391 g/mol. The van der Waals surface area contributed by atoms with Gasteiger partial charge in [0, 0.05) is 11.1 Å². The minimum Gasteiger partial charge on any atom is -0.478 e. The molecule has 6 heteroatoms. The summed E-state index contributed by atoms with van der Waals surface area (Å²) >= 11 is 0. The van der Waals surface area contributed by atoms with Crippen LogP contribution in [-0.2, 0) is 0 Å². The SMILES string of the molecule is CC(C)(C)NC(=O)c1ccc(OC(c2ccc(F)cc2)c2ccc(F)cc2)c(F)c1. The Morgan fingerprint density at radius 2 is 1.33 bits per heavy atom. The zero-order chi connectivity index (χ0) is 21.9. The normalized spacial score (nSPS) is 11.4. The monoisotopic (exact) mass is 413 g/mol. The zero-order valence-electron chi connectivity index (χ0n) is 16.9. The fourth-order valence-corrected chi connectivity index (χ4v) is 2.88. The maximum atomic E-state index is 14.7. The summed E-state index contributed by atoms with van der Waals surface area (Å²) in [6.07, 6.45) is -0.796. The third-order valence-electron chi connectivity index (χ3n) is 4.27. The second-order valence-electron chi connectivity index (χ2n) is 7.95. The van der Waals surface area contributed by atoms with Crippen LogP contribution >= 0.6 is 0 Å². The molecule has 0 aromatic heterocycles. The lowest BCUT2D eigenvalue weighted by molar-refractivity contribution is 0.0919. The summed E-state index contributed by atoms with van der Waals surface area (Å²) in [6.45, 7) is 5.48. The van der Waals surface area contributed by atoms with E-state index in [-0.39, 0.29) is 11.3 Å². The number of rotatable bonds is 5. The van der Waals surface area contributed by atoms with Crippen molar-refractivity contribution in [2.24, 2.45) is 0 Å². The fourth-order valence-electron chi connectivity index (χ4n) is 2.88. The molecular formula is C24H22F3NO2. The predicted octanol–water partition coefficient (Wildman–Crippen LogP) is 5.80. The van der Waals surface area contributed by atoms with Gasteiger partial charge in [-0.25, -0.2) is 13.2 Å². The molecule has 1 N–H and O–H groups in total. The van der Waals surface area contributed by atoms with Crippen LogP contribution in [0.5, 0.6) is 5.75 Å². The molecule has 3 nitrogen and oxygen atoms in total. The minimum absolute atomic E-state index is 0.0824. The Morgan fingerprint density at radius 1 is 0.833 bits per heavy atom. The average molecular weight is 413 g/mol. The van der Waals surface area contributed by atoms with Gasteiger partial charge in [0.15, 0.2) is 11.6 Å². The Hall–Kier alpha value is -3.28. The molecule has 30 heavy (non-hydrogen) atoms. The maximum Gasteiger partial charge on any atom is 0.251 e. The number of nitrogens with one attached hydrogen (secondary N) is 1. The van der Waals surface area contributed by atoms with Crippen molar-refractivity contribution in [2.75, 3.05) is 0 Å². The topological polar surface area (TPSA) is 38.3 Å². The van der Waals surface area contributed by atoms with E-state index in [0.717, 1.165) is 6.07 Å². The lowest BCUT2D eigenvalue weighted by atomic mass is 10.0. The summed E-state index contributed by atoms with van der Waals surface area (Å²) in [5.74, 6) is -2.04. The summed E-state index contributed by atoms with van der Waals surface area (Å²) in [7, 11) is 0. The molecule has 0 aliphatic heterocycles. The minimum atomic E-state index is -0.796. The molecule has 156 valence electrons. The molecule has 3 aromatic carbocycles. The first kappa shape index (κ1) is 21.4. The number of amides is 1. The highest BCUT2D eigenvalue weighted by Gasteiger charge is 2.21. The van der Waals surface area contributed by atoms with E-state index in [1.54, 1.807) is 0 Å². The molecule has 0 radical (unpaired) electrons. The third-order valence-corrected chi connectivity index (χ3v) is 4.27. The van der Waals surface area contributed by atoms with Crippen molar-refractivity contribution in [3.05, 3.63) is 101 Å². The Morgan fingerprint density at radius 3 is 1.77 bits per heavy atom. The number of carbonyl (C=O) groups is 1. The zero-order valence-corrected chi connectivity index (χ0v) is 16.9. The van der Waals surface area contributed by atoms with Crippen molar-refractivity contribution in [3.8, 4) is 5.75 Å². The van der Waals surface area contributed by atoms with E-state index in [9.17, 15) is 18.0 Å². The van der Waals surface area contributed by atoms with Crippen molar-refractivity contribution < 1.29 is 22.7 Å². The highest BCUT2D eigenvalue weighted by atomic mass is 19.1. The van der Waals surface area contributed by atoms with Crippen molar-refractivity contribution in [3.63, 3.8) is 0 Å². The summed E-state index contributed by atoms with van der Waals surface area (Å²) in [5, 5.41) is 2.77. The summed E-state index contributed by atoms with van der Waals surface area (Å²) in [5.41, 5.74) is 0.836. The first-order valence-corrected chi connectivity index (χ1v) is 9.42. The van der Waals surface area contributed by atoms with E-state index >= 15 is 0 Å². The number of hydrogen-bond acceptors (Lipinski definition) is 2. The van der Waals surface area contributed by atoms with Crippen LogP contribution in [0.15, 0.2) is 66.7 Å². The van der Waals surface area contributed by atoms with Gasteiger partial charge in [0.1, 0.15) is 17.7 Å². The van der Waals surface area contributed by atoms with Crippen molar-refractivity contribution in [2.45, 2.75) is 32.4 Å². The lowest BCUT2D eigenvalue weighted by Gasteiger charge is -2.22. The van der Waals surface area contributed by atoms with Gasteiger partial charge in [-0.1, -0.05) is 24.3 Å². The number of halogens is 3. The van der Waals surface area contributed by atoms with Crippen molar-refractivity contribution in [1.29, 1.82) is 0 Å². The highest BCUT2D eigenvalue weighted by Crippen LogP contribution is 2.31. The quantitative estimate of drug-likeness (QED) is 0.574. The van der Waals surface area contributed by atoms with E-state index < -0.39 is 35.0 Å². The van der Waals surface area contributed by atoms with Gasteiger partial charge in [0.2, 0.25) is 0 Å². The van der Waals surface area contributed by atoms with E-state index in [0.29, 0.717) is 11.1 Å². The van der Waals surface area contributed by atoms with Crippen LogP contribution in [0.4, 0.5) is 13.2 Å².